The molecule has 0 saturated heterocycles. The van der Waals surface area contributed by atoms with Crippen LogP contribution in [0.15, 0.2) is 36.4 Å². The molecule has 6 heteroatoms. The topological polar surface area (TPSA) is 78.9 Å². The zero-order valence-corrected chi connectivity index (χ0v) is 11.7. The van der Waals surface area contributed by atoms with Crippen LogP contribution < -0.4 is 11.1 Å². The van der Waals surface area contributed by atoms with Gasteiger partial charge >= 0.3 is 0 Å². The first kappa shape index (κ1) is 14.2. The number of benzene rings is 2. The Hall–Kier alpha value is -2.22. The number of nitrogens with one attached hydrogen (secondary N) is 1. The van der Waals surface area contributed by atoms with Crippen molar-refractivity contribution in [3.8, 4) is 6.07 Å². The average molecular weight is 306 g/mol. The molecule has 0 aliphatic carbocycles. The number of carbonyl (C=O) groups is 1. The van der Waals surface area contributed by atoms with Gasteiger partial charge in [-0.05, 0) is 30.3 Å². The molecule has 0 bridgehead atoms. The fourth-order valence-corrected chi connectivity index (χ4v) is 2.15. The van der Waals surface area contributed by atoms with Crippen molar-refractivity contribution in [2.45, 2.75) is 0 Å². The van der Waals surface area contributed by atoms with Crippen molar-refractivity contribution in [2.75, 3.05) is 11.1 Å². The number of hydrogen-bond acceptors (Lipinski definition) is 3. The molecule has 0 aromatic heterocycles. The van der Waals surface area contributed by atoms with E-state index >= 15 is 0 Å². The first-order valence-corrected chi connectivity index (χ1v) is 6.33. The van der Waals surface area contributed by atoms with Crippen LogP contribution in [0, 0.1) is 11.3 Å². The summed E-state index contributed by atoms with van der Waals surface area (Å²) >= 11 is 12.0. The number of nitriles is 1. The molecular formula is C14H9Cl2N3O. The van der Waals surface area contributed by atoms with Crippen LogP contribution in [0.3, 0.4) is 0 Å². The number of hydrogen-bond donors (Lipinski definition) is 2. The van der Waals surface area contributed by atoms with Gasteiger partial charge in [-0.3, -0.25) is 4.79 Å². The predicted molar refractivity (Wildman–Crippen MR) is 80.0 cm³/mol. The Morgan fingerprint density at radius 2 is 1.95 bits per heavy atom. The Kier molecular flexibility index (Phi) is 4.14. The largest absolute Gasteiger partial charge is 0.398 e. The number of nitrogens with zero attached hydrogens (tertiary/aromatic N) is 1. The lowest BCUT2D eigenvalue weighted by molar-refractivity contribution is 0.102. The highest BCUT2D eigenvalue weighted by atomic mass is 35.5. The summed E-state index contributed by atoms with van der Waals surface area (Å²) in [5.74, 6) is -0.459. The molecule has 0 saturated carbocycles. The monoisotopic (exact) mass is 305 g/mol. The van der Waals surface area contributed by atoms with Gasteiger partial charge in [-0.15, -0.1) is 0 Å². The standard InChI is InChI=1S/C14H9Cl2N3O/c15-9-2-1-3-11(18)13(9)14(20)19-12-5-4-8(7-17)6-10(12)16/h1-6H,18H2,(H,19,20). The Balaban J connectivity index is 2.31. The van der Waals surface area contributed by atoms with E-state index in [0.717, 1.165) is 0 Å². The van der Waals surface area contributed by atoms with E-state index < -0.39 is 5.91 Å². The molecule has 20 heavy (non-hydrogen) atoms. The number of nitrogen functional groups attached to an aromatic ring is 1. The van der Waals surface area contributed by atoms with Gasteiger partial charge in [0.1, 0.15) is 0 Å². The SMILES string of the molecule is N#Cc1ccc(NC(=O)c2c(N)cccc2Cl)c(Cl)c1. The molecule has 3 N–H and O–H groups in total. The predicted octanol–water partition coefficient (Wildman–Crippen LogP) is 3.70. The van der Waals surface area contributed by atoms with Gasteiger partial charge in [-0.2, -0.15) is 5.26 Å². The maximum Gasteiger partial charge on any atom is 0.259 e. The first-order valence-electron chi connectivity index (χ1n) is 5.58. The van der Waals surface area contributed by atoms with Gasteiger partial charge in [-0.25, -0.2) is 0 Å². The lowest BCUT2D eigenvalue weighted by Crippen LogP contribution is -2.15. The van der Waals surface area contributed by atoms with Crippen molar-refractivity contribution >= 4 is 40.5 Å². The third kappa shape index (κ3) is 2.85. The molecule has 0 fully saturated rings. The number of rotatable bonds is 2. The molecule has 0 aliphatic heterocycles. The van der Waals surface area contributed by atoms with Gasteiger partial charge in [-0.1, -0.05) is 29.3 Å². The van der Waals surface area contributed by atoms with Crippen molar-refractivity contribution in [2.24, 2.45) is 0 Å². The summed E-state index contributed by atoms with van der Waals surface area (Å²) in [5.41, 5.74) is 7.00. The zero-order valence-electron chi connectivity index (χ0n) is 10.2. The van der Waals surface area contributed by atoms with Crippen molar-refractivity contribution in [3.63, 3.8) is 0 Å². The normalized spacial score (nSPS) is 9.85. The van der Waals surface area contributed by atoms with Gasteiger partial charge in [0.25, 0.3) is 5.91 Å². The molecule has 2 aromatic carbocycles. The van der Waals surface area contributed by atoms with E-state index in [1.807, 2.05) is 6.07 Å². The van der Waals surface area contributed by atoms with Crippen LogP contribution in [0.2, 0.25) is 10.0 Å². The van der Waals surface area contributed by atoms with Crippen LogP contribution in [-0.4, -0.2) is 5.91 Å². The van der Waals surface area contributed by atoms with E-state index in [9.17, 15) is 4.79 Å². The molecule has 2 aromatic rings. The van der Waals surface area contributed by atoms with Crippen LogP contribution in [-0.2, 0) is 0 Å². The van der Waals surface area contributed by atoms with Crippen LogP contribution in [0.5, 0.6) is 0 Å². The molecular weight excluding hydrogens is 297 g/mol. The highest BCUT2D eigenvalue weighted by molar-refractivity contribution is 6.36. The number of amides is 1. The summed E-state index contributed by atoms with van der Waals surface area (Å²) in [6.07, 6.45) is 0. The van der Waals surface area contributed by atoms with E-state index in [0.29, 0.717) is 11.3 Å². The Bertz CT molecular complexity index is 703. The molecule has 0 aliphatic rings. The van der Waals surface area contributed by atoms with Crippen LogP contribution in [0.25, 0.3) is 0 Å². The molecule has 2 rings (SSSR count). The number of halogens is 2. The Morgan fingerprint density at radius 3 is 2.55 bits per heavy atom. The molecule has 0 radical (unpaired) electrons. The molecule has 0 unspecified atom stereocenters. The second-order valence-electron chi connectivity index (χ2n) is 3.96. The third-order valence-electron chi connectivity index (χ3n) is 2.62. The number of anilines is 2. The lowest BCUT2D eigenvalue weighted by atomic mass is 10.1. The second-order valence-corrected chi connectivity index (χ2v) is 4.78. The quantitative estimate of drug-likeness (QED) is 0.830. The number of carbonyl (C=O) groups excluding carboxylic acids is 1. The first-order chi connectivity index (χ1) is 9.52. The van der Waals surface area contributed by atoms with E-state index in [1.54, 1.807) is 30.3 Å². The fourth-order valence-electron chi connectivity index (χ4n) is 1.65. The minimum absolute atomic E-state index is 0.189. The Morgan fingerprint density at radius 1 is 1.20 bits per heavy atom. The summed E-state index contributed by atoms with van der Waals surface area (Å²) in [6, 6.07) is 11.3. The average Bonchev–Trinajstić information content (AvgIpc) is 2.41. The molecule has 0 atom stereocenters. The van der Waals surface area contributed by atoms with E-state index in [2.05, 4.69) is 5.32 Å². The van der Waals surface area contributed by atoms with Gasteiger partial charge < -0.3 is 11.1 Å². The molecule has 1 amide bonds. The zero-order chi connectivity index (χ0) is 14.7. The summed E-state index contributed by atoms with van der Waals surface area (Å²) in [7, 11) is 0. The Labute approximate surface area is 125 Å². The van der Waals surface area contributed by atoms with Gasteiger partial charge in [0.15, 0.2) is 0 Å². The van der Waals surface area contributed by atoms with Crippen molar-refractivity contribution < 1.29 is 4.79 Å². The van der Waals surface area contributed by atoms with Gasteiger partial charge in [0.05, 0.1) is 32.9 Å². The maximum atomic E-state index is 12.2. The molecule has 100 valence electrons. The van der Waals surface area contributed by atoms with Crippen LogP contribution in [0.1, 0.15) is 15.9 Å². The van der Waals surface area contributed by atoms with Crippen molar-refractivity contribution in [3.05, 3.63) is 57.6 Å². The van der Waals surface area contributed by atoms with Gasteiger partial charge in [0.2, 0.25) is 0 Å². The van der Waals surface area contributed by atoms with E-state index in [-0.39, 0.29) is 21.3 Å². The van der Waals surface area contributed by atoms with Crippen molar-refractivity contribution in [1.29, 1.82) is 5.26 Å². The maximum absolute atomic E-state index is 12.2. The summed E-state index contributed by atoms with van der Waals surface area (Å²) in [4.78, 5) is 12.2. The van der Waals surface area contributed by atoms with Gasteiger partial charge in [0, 0.05) is 5.69 Å². The van der Waals surface area contributed by atoms with Crippen LogP contribution in [0.4, 0.5) is 11.4 Å². The molecule has 0 heterocycles. The minimum Gasteiger partial charge on any atom is -0.398 e. The highest BCUT2D eigenvalue weighted by Gasteiger charge is 2.15. The van der Waals surface area contributed by atoms with Crippen LogP contribution >= 0.6 is 23.2 Å². The number of nitrogens with two attached hydrogens (primary N) is 1. The summed E-state index contributed by atoms with van der Waals surface area (Å²) in [5, 5.41) is 11.9. The molecule has 4 nitrogen and oxygen atoms in total. The summed E-state index contributed by atoms with van der Waals surface area (Å²) in [6.45, 7) is 0. The van der Waals surface area contributed by atoms with E-state index in [1.165, 1.54) is 6.07 Å². The fraction of sp³-hybridized carbons (Fsp3) is 0. The minimum atomic E-state index is -0.459. The molecule has 0 spiro atoms. The second kappa shape index (κ2) is 5.83. The third-order valence-corrected chi connectivity index (χ3v) is 3.25. The van der Waals surface area contributed by atoms with E-state index in [4.69, 9.17) is 34.2 Å². The van der Waals surface area contributed by atoms with Crippen molar-refractivity contribution in [1.82, 2.24) is 0 Å². The lowest BCUT2D eigenvalue weighted by Gasteiger charge is -2.10. The summed E-state index contributed by atoms with van der Waals surface area (Å²) < 4.78 is 0. The highest BCUT2D eigenvalue weighted by Crippen LogP contribution is 2.26. The smallest absolute Gasteiger partial charge is 0.259 e.